The van der Waals surface area contributed by atoms with Crippen LogP contribution in [0.1, 0.15) is 36.3 Å². The first-order valence-corrected chi connectivity index (χ1v) is 11.7. The summed E-state index contributed by atoms with van der Waals surface area (Å²) in [6.45, 7) is 8.07. The molecule has 0 spiro atoms. The average molecular weight is 458 g/mol. The molecule has 0 saturated carbocycles. The largest absolute Gasteiger partial charge is 0.354 e. The van der Waals surface area contributed by atoms with Crippen molar-refractivity contribution in [3.63, 3.8) is 0 Å². The first-order chi connectivity index (χ1) is 16.4. The molecule has 1 atom stereocenters. The zero-order valence-corrected chi connectivity index (χ0v) is 20.1. The molecule has 1 saturated heterocycles. The summed E-state index contributed by atoms with van der Waals surface area (Å²) in [5.41, 5.74) is 5.87. The van der Waals surface area contributed by atoms with Gasteiger partial charge in [-0.05, 0) is 72.2 Å². The third-order valence-corrected chi connectivity index (χ3v) is 6.55. The second-order valence-electron chi connectivity index (χ2n) is 9.17. The minimum atomic E-state index is -0.233. The number of hydrogen-bond acceptors (Lipinski definition) is 4. The monoisotopic (exact) mass is 457 g/mol. The number of likely N-dealkylation sites (tertiary alicyclic amines) is 1. The molecule has 0 radical (unpaired) electrons. The second kappa shape index (κ2) is 10.0. The molecule has 3 heterocycles. The molecule has 1 aromatic carbocycles. The molecule has 1 aliphatic heterocycles. The summed E-state index contributed by atoms with van der Waals surface area (Å²) in [6, 6.07) is 11.5. The maximum atomic E-state index is 12.8. The number of amides is 3. The van der Waals surface area contributed by atoms with Crippen LogP contribution in [0.5, 0.6) is 0 Å². The Bertz CT molecular complexity index is 1210. The Kier molecular flexibility index (Phi) is 6.91. The Morgan fingerprint density at radius 2 is 1.85 bits per heavy atom. The summed E-state index contributed by atoms with van der Waals surface area (Å²) in [5.74, 6) is 0.907. The van der Waals surface area contributed by atoms with Crippen LogP contribution in [0.15, 0.2) is 55.0 Å². The zero-order valence-electron chi connectivity index (χ0n) is 20.1. The molecule has 1 unspecified atom stereocenters. The highest BCUT2D eigenvalue weighted by Gasteiger charge is 2.28. The first-order valence-electron chi connectivity index (χ1n) is 11.7. The fourth-order valence-electron chi connectivity index (χ4n) is 4.34. The van der Waals surface area contributed by atoms with E-state index in [-0.39, 0.29) is 11.9 Å². The fraction of sp³-hybridized carbons (Fsp3) is 0.333. The van der Waals surface area contributed by atoms with Gasteiger partial charge in [0, 0.05) is 55.5 Å². The van der Waals surface area contributed by atoms with E-state index in [9.17, 15) is 9.59 Å². The number of urea groups is 1. The maximum absolute atomic E-state index is 12.8. The number of benzene rings is 1. The van der Waals surface area contributed by atoms with Gasteiger partial charge in [0.2, 0.25) is 0 Å². The van der Waals surface area contributed by atoms with Gasteiger partial charge in [-0.15, -0.1) is 0 Å². The van der Waals surface area contributed by atoms with Gasteiger partial charge in [0.1, 0.15) is 5.69 Å². The van der Waals surface area contributed by atoms with Gasteiger partial charge in [-0.3, -0.25) is 14.8 Å². The standard InChI is InChI=1S/C27H31N5O2/c1-17(2)20-8-10-32(16-20)27(34)31-23-6-5-18(3)24(13-23)22-11-21(14-29-15-22)19-7-9-30-25(12-19)26(33)28-4/h5-7,9,11-15,17,20H,8,10,16H2,1-4H3,(H,28,33)(H,31,34). The number of aryl methyl sites for hydroxylation is 1. The quantitative estimate of drug-likeness (QED) is 0.565. The van der Waals surface area contributed by atoms with Gasteiger partial charge in [-0.2, -0.15) is 0 Å². The number of aromatic nitrogens is 2. The highest BCUT2D eigenvalue weighted by Crippen LogP contribution is 2.30. The molecule has 0 bridgehead atoms. The Morgan fingerprint density at radius 1 is 1.06 bits per heavy atom. The van der Waals surface area contributed by atoms with Gasteiger partial charge in [-0.25, -0.2) is 4.79 Å². The third kappa shape index (κ3) is 5.09. The normalized spacial score (nSPS) is 15.4. The molecule has 2 aromatic heterocycles. The SMILES string of the molecule is CNC(=O)c1cc(-c2cncc(-c3cc(NC(=O)N4CCC(C(C)C)C4)ccc3C)c2)ccn1. The van der Waals surface area contributed by atoms with Gasteiger partial charge in [0.25, 0.3) is 5.91 Å². The van der Waals surface area contributed by atoms with Crippen molar-refractivity contribution in [1.29, 1.82) is 0 Å². The van der Waals surface area contributed by atoms with E-state index in [2.05, 4.69) is 34.4 Å². The topological polar surface area (TPSA) is 87.2 Å². The molecular weight excluding hydrogens is 426 g/mol. The summed E-state index contributed by atoms with van der Waals surface area (Å²) < 4.78 is 0. The van der Waals surface area contributed by atoms with Gasteiger partial charge in [0.15, 0.2) is 0 Å². The predicted octanol–water partition coefficient (Wildman–Crippen LogP) is 4.99. The van der Waals surface area contributed by atoms with Gasteiger partial charge < -0.3 is 15.5 Å². The van der Waals surface area contributed by atoms with E-state index in [1.807, 2.05) is 48.4 Å². The van der Waals surface area contributed by atoms with E-state index >= 15 is 0 Å². The van der Waals surface area contributed by atoms with Crippen molar-refractivity contribution in [2.75, 3.05) is 25.5 Å². The zero-order chi connectivity index (χ0) is 24.2. The van der Waals surface area contributed by atoms with Crippen molar-refractivity contribution in [2.45, 2.75) is 27.2 Å². The van der Waals surface area contributed by atoms with E-state index in [1.165, 1.54) is 0 Å². The van der Waals surface area contributed by atoms with Crippen LogP contribution in [0.3, 0.4) is 0 Å². The van der Waals surface area contributed by atoms with Crippen molar-refractivity contribution < 1.29 is 9.59 Å². The summed E-state index contributed by atoms with van der Waals surface area (Å²) in [5, 5.41) is 5.67. The lowest BCUT2D eigenvalue weighted by Crippen LogP contribution is -2.33. The van der Waals surface area contributed by atoms with E-state index in [1.54, 1.807) is 25.5 Å². The molecule has 3 aromatic rings. The van der Waals surface area contributed by atoms with E-state index in [0.717, 1.165) is 53.0 Å². The third-order valence-electron chi connectivity index (χ3n) is 6.55. The average Bonchev–Trinajstić information content (AvgIpc) is 3.36. The molecule has 176 valence electrons. The van der Waals surface area contributed by atoms with E-state index in [0.29, 0.717) is 17.5 Å². The number of rotatable bonds is 5. The number of nitrogens with zero attached hydrogens (tertiary/aromatic N) is 3. The van der Waals surface area contributed by atoms with Crippen LogP contribution < -0.4 is 10.6 Å². The predicted molar refractivity (Wildman–Crippen MR) is 135 cm³/mol. The van der Waals surface area contributed by atoms with Crippen molar-refractivity contribution in [2.24, 2.45) is 11.8 Å². The van der Waals surface area contributed by atoms with Crippen molar-refractivity contribution >= 4 is 17.6 Å². The minimum Gasteiger partial charge on any atom is -0.354 e. The molecule has 4 rings (SSSR count). The van der Waals surface area contributed by atoms with Gasteiger partial charge >= 0.3 is 6.03 Å². The van der Waals surface area contributed by atoms with Gasteiger partial charge in [0.05, 0.1) is 0 Å². The molecule has 34 heavy (non-hydrogen) atoms. The molecule has 2 N–H and O–H groups in total. The number of hydrogen-bond donors (Lipinski definition) is 2. The van der Waals surface area contributed by atoms with Crippen molar-refractivity contribution in [3.05, 3.63) is 66.2 Å². The minimum absolute atomic E-state index is 0.0525. The number of carbonyl (C=O) groups excluding carboxylic acids is 2. The molecule has 1 aliphatic rings. The summed E-state index contributed by atoms with van der Waals surface area (Å²) >= 11 is 0. The highest BCUT2D eigenvalue weighted by atomic mass is 16.2. The second-order valence-corrected chi connectivity index (χ2v) is 9.17. The number of nitrogens with one attached hydrogen (secondary N) is 2. The molecule has 1 fully saturated rings. The number of carbonyl (C=O) groups is 2. The van der Waals surface area contributed by atoms with Crippen LogP contribution >= 0.6 is 0 Å². The molecule has 0 aliphatic carbocycles. The van der Waals surface area contributed by atoms with Crippen LogP contribution in [0.2, 0.25) is 0 Å². The smallest absolute Gasteiger partial charge is 0.321 e. The van der Waals surface area contributed by atoms with Crippen LogP contribution in [0.25, 0.3) is 22.3 Å². The van der Waals surface area contributed by atoms with E-state index < -0.39 is 0 Å². The lowest BCUT2D eigenvalue weighted by atomic mass is 9.95. The lowest BCUT2D eigenvalue weighted by molar-refractivity contribution is 0.0958. The molecule has 7 heteroatoms. The van der Waals surface area contributed by atoms with Crippen LogP contribution in [-0.4, -0.2) is 46.9 Å². The first kappa shape index (κ1) is 23.4. The Labute approximate surface area is 200 Å². The van der Waals surface area contributed by atoms with Crippen LogP contribution in [0, 0.1) is 18.8 Å². The Morgan fingerprint density at radius 3 is 2.59 bits per heavy atom. The molecule has 7 nitrogen and oxygen atoms in total. The highest BCUT2D eigenvalue weighted by molar-refractivity contribution is 5.93. The lowest BCUT2D eigenvalue weighted by Gasteiger charge is -2.19. The summed E-state index contributed by atoms with van der Waals surface area (Å²) in [7, 11) is 1.58. The van der Waals surface area contributed by atoms with Crippen molar-refractivity contribution in [1.82, 2.24) is 20.2 Å². The van der Waals surface area contributed by atoms with Crippen molar-refractivity contribution in [3.8, 4) is 22.3 Å². The van der Waals surface area contributed by atoms with Crippen LogP contribution in [-0.2, 0) is 0 Å². The van der Waals surface area contributed by atoms with Crippen LogP contribution in [0.4, 0.5) is 10.5 Å². The number of pyridine rings is 2. The maximum Gasteiger partial charge on any atom is 0.321 e. The summed E-state index contributed by atoms with van der Waals surface area (Å²) in [4.78, 5) is 35.3. The molecular formula is C27H31N5O2. The summed E-state index contributed by atoms with van der Waals surface area (Å²) in [6.07, 6.45) is 6.26. The Hall–Kier alpha value is -3.74. The van der Waals surface area contributed by atoms with E-state index in [4.69, 9.17) is 0 Å². The fourth-order valence-corrected chi connectivity index (χ4v) is 4.34. The Balaban J connectivity index is 1.57. The number of anilines is 1. The van der Waals surface area contributed by atoms with Gasteiger partial charge in [-0.1, -0.05) is 19.9 Å². The molecule has 3 amide bonds.